The summed E-state index contributed by atoms with van der Waals surface area (Å²) in [4.78, 5) is 50.8. The maximum Gasteiger partial charge on any atom is 0.144 e. The lowest BCUT2D eigenvalue weighted by Gasteiger charge is -2.20. The largest absolute Gasteiger partial charge is 0.255 e. The number of hydrogen-bond acceptors (Lipinski definition) is 15. The second-order valence-electron chi connectivity index (χ2n) is 25.1. The molecule has 9 aromatic carbocycles. The van der Waals surface area contributed by atoms with Crippen molar-refractivity contribution >= 4 is 175 Å². The fourth-order valence-corrected chi connectivity index (χ4v) is 18.2. The quantitative estimate of drug-likeness (QED) is 0.122. The van der Waals surface area contributed by atoms with Crippen molar-refractivity contribution in [1.29, 1.82) is 5.26 Å². The molecule has 0 spiro atoms. The molecule has 0 unspecified atom stereocenters. The van der Waals surface area contributed by atoms with Gasteiger partial charge in [0.05, 0.1) is 65.3 Å². The molecule has 10 aromatic heterocycles. The zero-order valence-corrected chi connectivity index (χ0v) is 56.9. The molecule has 0 N–H and O–H groups in total. The molecule has 0 amide bonds. The maximum atomic E-state index is 9.63. The first kappa shape index (κ1) is 57.7. The predicted octanol–water partition coefficient (Wildman–Crippen LogP) is 21.6. The molecule has 0 aliphatic heterocycles. The molecule has 19 rings (SSSR count). The Hall–Kier alpha value is -10.2. The van der Waals surface area contributed by atoms with Gasteiger partial charge in [-0.05, 0) is 182 Å². The fraction of sp³-hybridized carbons (Fsp3) is 0.152. The molecule has 11 nitrogen and oxygen atoms in total. The second kappa shape index (κ2) is 21.4. The van der Waals surface area contributed by atoms with Crippen LogP contribution < -0.4 is 0 Å². The van der Waals surface area contributed by atoms with E-state index in [1.54, 1.807) is 45.3 Å². The third-order valence-corrected chi connectivity index (χ3v) is 22.8. The van der Waals surface area contributed by atoms with Crippen LogP contribution in [-0.4, -0.2) is 49.8 Å². The lowest BCUT2D eigenvalue weighted by atomic mass is 9.88. The number of thiazole rings is 4. The van der Waals surface area contributed by atoms with Crippen molar-refractivity contribution in [2.75, 3.05) is 0 Å². The molecule has 19 aromatic rings. The summed E-state index contributed by atoms with van der Waals surface area (Å²) in [6.45, 7) is 25.8. The van der Waals surface area contributed by atoms with Gasteiger partial charge >= 0.3 is 0 Å². The van der Waals surface area contributed by atoms with Gasteiger partial charge < -0.3 is 0 Å². The average molecular weight is 1290 g/mol. The van der Waals surface area contributed by atoms with Gasteiger partial charge in [0.25, 0.3) is 0 Å². The van der Waals surface area contributed by atoms with E-state index in [0.717, 1.165) is 130 Å². The SMILES string of the molecule is Cc1ccc2c3nc(-c4cncs4)c(C)c4c(C)ccc(c5nc(-c6cncs6)c(C)c1c25)c43.Cc1ccc2c3nc(-c4nccs4)c(C)c4c(C)ccc(c5nc(-c6nccs6)c(C)c1c25)c43.Cc1ccc2c3nc(C#N)c(C)c4c(C)ccc(c5ncc(C)c1c25)c43. The standard InChI is InChI=1S/2C28H20N4S2.C23H17N3/c1-13-5-7-17-23-21(13)15(3)25(19-9-29-11-33-19)31-27(23)18-8-6-14(2)22-16(4)26(20-10-30-12-34-20)32-28(17)24(18)22;1-13-5-7-17-21-19(13)15(3)23(27-29-9-11-33-27)31-25(21)18-8-6-14(2)20-16(4)24(28-30-10-12-34-28)32-26(17)22(18)20;1-11-5-8-16-20-18(11)13(3)10-25-22(20)15-7-6-12(2)19-14(4)17(9-24)26-23(16)21(15)19/h2*5-12H,1-4H3;5-8,10H,1-4H3. The number of aryl methyl sites for hydroxylation is 12. The van der Waals surface area contributed by atoms with Gasteiger partial charge in [-0.2, -0.15) is 5.26 Å². The zero-order valence-electron chi connectivity index (χ0n) is 53.7. The van der Waals surface area contributed by atoms with E-state index >= 15 is 0 Å². The average Bonchev–Trinajstić information content (AvgIpc) is 0.771. The summed E-state index contributed by atoms with van der Waals surface area (Å²) in [6.07, 6.45) is 9.52. The Morgan fingerprint density at radius 2 is 0.617 bits per heavy atom. The summed E-state index contributed by atoms with van der Waals surface area (Å²) in [5.41, 5.74) is 28.6. The van der Waals surface area contributed by atoms with Gasteiger partial charge in [0.1, 0.15) is 33.2 Å². The number of benzene rings is 9. The first-order valence-corrected chi connectivity index (χ1v) is 34.7. The first-order valence-electron chi connectivity index (χ1n) is 31.2. The van der Waals surface area contributed by atoms with Crippen LogP contribution in [0.4, 0.5) is 0 Å². The van der Waals surface area contributed by atoms with Crippen molar-refractivity contribution in [1.82, 2.24) is 49.8 Å². The maximum absolute atomic E-state index is 9.63. The van der Waals surface area contributed by atoms with E-state index in [1.165, 1.54) is 110 Å². The second-order valence-corrected chi connectivity index (χ2v) is 28.6. The van der Waals surface area contributed by atoms with Crippen molar-refractivity contribution in [2.24, 2.45) is 0 Å². The van der Waals surface area contributed by atoms with Crippen LogP contribution >= 0.6 is 45.3 Å². The van der Waals surface area contributed by atoms with Crippen molar-refractivity contribution < 1.29 is 0 Å². The lowest BCUT2D eigenvalue weighted by molar-refractivity contribution is 1.28. The van der Waals surface area contributed by atoms with Gasteiger partial charge in [-0.3, -0.25) is 15.0 Å². The number of pyridine rings is 6. The summed E-state index contributed by atoms with van der Waals surface area (Å²) in [5, 5.41) is 36.9. The predicted molar refractivity (Wildman–Crippen MR) is 396 cm³/mol. The molecule has 452 valence electrons. The zero-order chi connectivity index (χ0) is 64.4. The molecule has 0 saturated carbocycles. The van der Waals surface area contributed by atoms with Crippen LogP contribution in [0.25, 0.3) is 173 Å². The third-order valence-electron chi connectivity index (χ3n) is 19.7. The van der Waals surface area contributed by atoms with Gasteiger partial charge in [0.2, 0.25) is 0 Å². The van der Waals surface area contributed by atoms with E-state index in [-0.39, 0.29) is 0 Å². The minimum absolute atomic E-state index is 0.505. The van der Waals surface area contributed by atoms with Crippen LogP contribution in [0.15, 0.2) is 126 Å². The fourth-order valence-electron chi connectivity index (χ4n) is 15.5. The summed E-state index contributed by atoms with van der Waals surface area (Å²) in [7, 11) is 0. The minimum Gasteiger partial charge on any atom is -0.255 e. The highest BCUT2D eigenvalue weighted by atomic mass is 32.1. The summed E-state index contributed by atoms with van der Waals surface area (Å²) >= 11 is 6.55. The topological polar surface area (TPSA) is 153 Å². The normalized spacial score (nSPS) is 12.0. The Balaban J connectivity index is 0.000000108. The summed E-state index contributed by atoms with van der Waals surface area (Å²) in [5.74, 6) is 0. The Bertz CT molecular complexity index is 5860. The number of nitriles is 1. The van der Waals surface area contributed by atoms with E-state index < -0.39 is 0 Å². The van der Waals surface area contributed by atoms with E-state index in [1.807, 2.05) is 59.7 Å². The van der Waals surface area contributed by atoms with Crippen LogP contribution in [0.2, 0.25) is 0 Å². The molecule has 94 heavy (non-hydrogen) atoms. The Morgan fingerprint density at radius 1 is 0.298 bits per heavy atom. The molecule has 0 atom stereocenters. The van der Waals surface area contributed by atoms with Crippen LogP contribution in [-0.2, 0) is 0 Å². The highest BCUT2D eigenvalue weighted by molar-refractivity contribution is 7.14. The van der Waals surface area contributed by atoms with E-state index in [0.29, 0.717) is 5.69 Å². The molecule has 0 radical (unpaired) electrons. The molecule has 0 aliphatic rings. The Kier molecular flexibility index (Phi) is 13.1. The van der Waals surface area contributed by atoms with Crippen molar-refractivity contribution in [3.05, 3.63) is 198 Å². The Labute approximate surface area is 556 Å². The number of nitrogens with zero attached hydrogens (tertiary/aromatic N) is 11. The highest BCUT2D eigenvalue weighted by Crippen LogP contribution is 2.49. The smallest absolute Gasteiger partial charge is 0.144 e. The summed E-state index contributed by atoms with van der Waals surface area (Å²) in [6, 6.07) is 28.6. The molecule has 0 bridgehead atoms. The molecular weight excluding hydrogens is 1230 g/mol. The Morgan fingerprint density at radius 3 is 0.957 bits per heavy atom. The lowest BCUT2D eigenvalue weighted by Crippen LogP contribution is -2.00. The number of rotatable bonds is 4. The van der Waals surface area contributed by atoms with Gasteiger partial charge in [0.15, 0.2) is 0 Å². The molecule has 0 saturated heterocycles. The first-order chi connectivity index (χ1) is 45.6. The molecule has 15 heteroatoms. The molecule has 0 aliphatic carbocycles. The summed E-state index contributed by atoms with van der Waals surface area (Å²) < 4.78 is 0. The third kappa shape index (κ3) is 8.22. The van der Waals surface area contributed by atoms with Gasteiger partial charge in [-0.25, -0.2) is 34.9 Å². The van der Waals surface area contributed by atoms with Gasteiger partial charge in [-0.1, -0.05) is 72.8 Å². The minimum atomic E-state index is 0.505. The van der Waals surface area contributed by atoms with Crippen molar-refractivity contribution in [2.45, 2.75) is 83.1 Å². The molecular formula is C79H57N11S4. The van der Waals surface area contributed by atoms with Crippen molar-refractivity contribution in [3.63, 3.8) is 0 Å². The van der Waals surface area contributed by atoms with Gasteiger partial charge in [0, 0.05) is 106 Å². The highest BCUT2D eigenvalue weighted by Gasteiger charge is 2.27. The van der Waals surface area contributed by atoms with E-state index in [2.05, 4.69) is 175 Å². The van der Waals surface area contributed by atoms with Crippen LogP contribution in [0.5, 0.6) is 0 Å². The number of hydrogen-bond donors (Lipinski definition) is 0. The van der Waals surface area contributed by atoms with Crippen LogP contribution in [0.1, 0.15) is 72.5 Å². The monoisotopic (exact) mass is 1290 g/mol. The number of aromatic nitrogens is 10. The van der Waals surface area contributed by atoms with Gasteiger partial charge in [-0.15, -0.1) is 45.3 Å². The van der Waals surface area contributed by atoms with Crippen molar-refractivity contribution in [3.8, 4) is 48.6 Å². The van der Waals surface area contributed by atoms with E-state index in [4.69, 9.17) is 29.9 Å². The molecule has 10 heterocycles. The van der Waals surface area contributed by atoms with Crippen LogP contribution in [0, 0.1) is 94.4 Å². The van der Waals surface area contributed by atoms with Crippen LogP contribution in [0.3, 0.4) is 0 Å². The molecule has 0 fully saturated rings. The number of fused-ring (bicyclic) bond motifs is 6. The van der Waals surface area contributed by atoms with E-state index in [9.17, 15) is 5.26 Å².